The Morgan fingerprint density at radius 3 is 2.65 bits per heavy atom. The van der Waals surface area contributed by atoms with Gasteiger partial charge in [0.25, 0.3) is 0 Å². The Hall–Kier alpha value is -0.620. The number of sulfone groups is 1. The molecule has 2 fully saturated rings. The third-order valence-electron chi connectivity index (χ3n) is 3.49. The van der Waals surface area contributed by atoms with Gasteiger partial charge in [-0.15, -0.1) is 0 Å². The Bertz CT molecular complexity index is 415. The summed E-state index contributed by atoms with van der Waals surface area (Å²) < 4.78 is 28.1. The van der Waals surface area contributed by atoms with Gasteiger partial charge in [-0.2, -0.15) is 0 Å². The number of nitrogens with zero attached hydrogens (tertiary/aromatic N) is 1. The van der Waals surface area contributed by atoms with Crippen LogP contribution in [0.15, 0.2) is 0 Å². The summed E-state index contributed by atoms with van der Waals surface area (Å²) in [6.45, 7) is 5.51. The lowest BCUT2D eigenvalue weighted by atomic mass is 9.98. The second kappa shape index (κ2) is 4.24. The molecule has 0 bridgehead atoms. The van der Waals surface area contributed by atoms with Crippen LogP contribution in [0.2, 0.25) is 0 Å². The molecule has 6 heteroatoms. The zero-order valence-corrected chi connectivity index (χ0v) is 11.1. The van der Waals surface area contributed by atoms with Gasteiger partial charge < -0.3 is 9.64 Å². The van der Waals surface area contributed by atoms with E-state index in [4.69, 9.17) is 4.74 Å². The van der Waals surface area contributed by atoms with Crippen LogP contribution in [0.4, 0.5) is 0 Å². The van der Waals surface area contributed by atoms with Crippen LogP contribution in [0.5, 0.6) is 0 Å². The number of amides is 1. The number of morpholine rings is 1. The summed E-state index contributed by atoms with van der Waals surface area (Å²) >= 11 is 0. The number of hydrogen-bond acceptors (Lipinski definition) is 4. The first-order chi connectivity index (χ1) is 7.82. The predicted octanol–water partition coefficient (Wildman–Crippen LogP) is 0.0585. The summed E-state index contributed by atoms with van der Waals surface area (Å²) in [5, 5.41) is 0. The van der Waals surface area contributed by atoms with Crippen LogP contribution in [-0.4, -0.2) is 56.0 Å². The number of rotatable bonds is 1. The van der Waals surface area contributed by atoms with Gasteiger partial charge in [0.2, 0.25) is 5.91 Å². The molecule has 0 N–H and O–H groups in total. The highest BCUT2D eigenvalue weighted by Crippen LogP contribution is 2.26. The van der Waals surface area contributed by atoms with Crippen molar-refractivity contribution >= 4 is 15.7 Å². The Balaban J connectivity index is 2.10. The Morgan fingerprint density at radius 1 is 1.41 bits per heavy atom. The Morgan fingerprint density at radius 2 is 2.12 bits per heavy atom. The molecule has 1 atom stereocenters. The second-order valence-corrected chi connectivity index (χ2v) is 7.68. The highest BCUT2D eigenvalue weighted by atomic mass is 32.2. The van der Waals surface area contributed by atoms with E-state index in [1.807, 2.05) is 13.8 Å². The van der Waals surface area contributed by atoms with Crippen molar-refractivity contribution in [3.05, 3.63) is 0 Å². The van der Waals surface area contributed by atoms with Gasteiger partial charge in [0, 0.05) is 6.54 Å². The van der Waals surface area contributed by atoms with Gasteiger partial charge in [0.1, 0.15) is 0 Å². The van der Waals surface area contributed by atoms with Gasteiger partial charge in [-0.1, -0.05) is 0 Å². The average Bonchev–Trinajstić information content (AvgIpc) is 2.57. The molecule has 98 valence electrons. The summed E-state index contributed by atoms with van der Waals surface area (Å²) in [5.74, 6) is -0.218. The first-order valence-corrected chi connectivity index (χ1v) is 7.74. The van der Waals surface area contributed by atoms with Crippen LogP contribution in [0, 0.1) is 5.92 Å². The molecule has 0 aromatic heterocycles. The van der Waals surface area contributed by atoms with Gasteiger partial charge in [0.05, 0.1) is 36.2 Å². The smallest absolute Gasteiger partial charge is 0.227 e. The fourth-order valence-electron chi connectivity index (χ4n) is 2.48. The Kier molecular flexibility index (Phi) is 3.20. The van der Waals surface area contributed by atoms with Gasteiger partial charge >= 0.3 is 0 Å². The number of hydrogen-bond donors (Lipinski definition) is 0. The Labute approximate surface area is 102 Å². The average molecular weight is 261 g/mol. The highest BCUT2D eigenvalue weighted by molar-refractivity contribution is 7.91. The van der Waals surface area contributed by atoms with E-state index < -0.39 is 9.84 Å². The fourth-order valence-corrected chi connectivity index (χ4v) is 4.21. The van der Waals surface area contributed by atoms with Crippen molar-refractivity contribution in [1.29, 1.82) is 0 Å². The molecular weight excluding hydrogens is 242 g/mol. The molecule has 2 aliphatic heterocycles. The first kappa shape index (κ1) is 12.8. The second-order valence-electron chi connectivity index (χ2n) is 5.45. The van der Waals surface area contributed by atoms with E-state index >= 15 is 0 Å². The van der Waals surface area contributed by atoms with E-state index in [-0.39, 0.29) is 28.9 Å². The zero-order valence-electron chi connectivity index (χ0n) is 10.3. The number of carbonyl (C=O) groups excluding carboxylic acids is 1. The number of carbonyl (C=O) groups is 1. The summed E-state index contributed by atoms with van der Waals surface area (Å²) in [7, 11) is -3.00. The van der Waals surface area contributed by atoms with Crippen molar-refractivity contribution in [2.45, 2.75) is 25.8 Å². The predicted molar refractivity (Wildman–Crippen MR) is 63.4 cm³/mol. The molecule has 5 nitrogen and oxygen atoms in total. The molecule has 0 aromatic rings. The van der Waals surface area contributed by atoms with Crippen molar-refractivity contribution < 1.29 is 17.9 Å². The molecule has 1 amide bonds. The molecule has 2 heterocycles. The first-order valence-electron chi connectivity index (χ1n) is 5.91. The number of ether oxygens (including phenoxy) is 1. The summed E-state index contributed by atoms with van der Waals surface area (Å²) in [4.78, 5) is 14.1. The minimum Gasteiger partial charge on any atom is -0.377 e. The summed E-state index contributed by atoms with van der Waals surface area (Å²) in [6.07, 6.45) is 0.467. The van der Waals surface area contributed by atoms with E-state index in [9.17, 15) is 13.2 Å². The van der Waals surface area contributed by atoms with E-state index in [1.165, 1.54) is 0 Å². The lowest BCUT2D eigenvalue weighted by Crippen LogP contribution is -2.57. The molecule has 2 rings (SSSR count). The maximum atomic E-state index is 12.3. The molecule has 17 heavy (non-hydrogen) atoms. The van der Waals surface area contributed by atoms with Gasteiger partial charge in [-0.25, -0.2) is 8.42 Å². The third kappa shape index (κ3) is 2.63. The van der Waals surface area contributed by atoms with Crippen molar-refractivity contribution in [2.24, 2.45) is 5.92 Å². The van der Waals surface area contributed by atoms with Crippen molar-refractivity contribution in [2.75, 3.05) is 31.3 Å². The lowest BCUT2D eigenvalue weighted by Gasteiger charge is -2.43. The van der Waals surface area contributed by atoms with E-state index in [1.54, 1.807) is 4.90 Å². The molecular formula is C11H19NO4S. The monoisotopic (exact) mass is 261 g/mol. The van der Waals surface area contributed by atoms with Crippen LogP contribution < -0.4 is 0 Å². The molecule has 1 unspecified atom stereocenters. The summed E-state index contributed by atoms with van der Waals surface area (Å²) in [6, 6.07) is 0. The van der Waals surface area contributed by atoms with Crippen molar-refractivity contribution in [3.63, 3.8) is 0 Å². The van der Waals surface area contributed by atoms with Crippen LogP contribution in [-0.2, 0) is 19.4 Å². The van der Waals surface area contributed by atoms with Crippen molar-refractivity contribution in [1.82, 2.24) is 4.90 Å². The topological polar surface area (TPSA) is 63.7 Å². The molecule has 0 spiro atoms. The summed E-state index contributed by atoms with van der Waals surface area (Å²) in [5.41, 5.74) is -0.332. The minimum absolute atomic E-state index is 0.0132. The molecule has 0 saturated carbocycles. The maximum absolute atomic E-state index is 12.3. The third-order valence-corrected chi connectivity index (χ3v) is 5.26. The minimum atomic E-state index is -3.00. The van der Waals surface area contributed by atoms with Gasteiger partial charge in [0.15, 0.2) is 9.84 Å². The normalized spacial score (nSPS) is 31.4. The maximum Gasteiger partial charge on any atom is 0.227 e. The van der Waals surface area contributed by atoms with Crippen LogP contribution in [0.1, 0.15) is 20.3 Å². The van der Waals surface area contributed by atoms with Gasteiger partial charge in [-0.05, 0) is 20.3 Å². The molecule has 0 aromatic carbocycles. The zero-order chi connectivity index (χ0) is 12.7. The molecule has 0 aliphatic carbocycles. The van der Waals surface area contributed by atoms with Crippen LogP contribution >= 0.6 is 0 Å². The van der Waals surface area contributed by atoms with E-state index in [0.717, 1.165) is 0 Å². The van der Waals surface area contributed by atoms with E-state index in [2.05, 4.69) is 0 Å². The SMILES string of the molecule is CC1(C)COCCN1C(=O)C1CCS(=O)(=O)C1. The van der Waals surface area contributed by atoms with Crippen LogP contribution in [0.25, 0.3) is 0 Å². The largest absolute Gasteiger partial charge is 0.377 e. The highest BCUT2D eigenvalue weighted by Gasteiger charge is 2.41. The van der Waals surface area contributed by atoms with Crippen LogP contribution in [0.3, 0.4) is 0 Å². The lowest BCUT2D eigenvalue weighted by molar-refractivity contribution is -0.149. The standard InChI is InChI=1S/C11H19NO4S/c1-11(2)8-16-5-4-12(11)10(13)9-3-6-17(14,15)7-9/h9H,3-8H2,1-2H3. The van der Waals surface area contributed by atoms with Crippen molar-refractivity contribution in [3.8, 4) is 0 Å². The molecule has 0 radical (unpaired) electrons. The fraction of sp³-hybridized carbons (Fsp3) is 0.909. The molecule has 2 saturated heterocycles. The van der Waals surface area contributed by atoms with Gasteiger partial charge in [-0.3, -0.25) is 4.79 Å². The molecule has 2 aliphatic rings. The quantitative estimate of drug-likeness (QED) is 0.669. The van der Waals surface area contributed by atoms with E-state index in [0.29, 0.717) is 26.2 Å².